The van der Waals surface area contributed by atoms with Gasteiger partial charge in [-0.25, -0.2) is 0 Å². The van der Waals surface area contributed by atoms with Crippen LogP contribution in [0.25, 0.3) is 0 Å². The van der Waals surface area contributed by atoms with Crippen molar-refractivity contribution in [1.29, 1.82) is 0 Å². The van der Waals surface area contributed by atoms with Gasteiger partial charge in [-0.3, -0.25) is 9.59 Å². The molecule has 108 valence electrons. The van der Waals surface area contributed by atoms with Crippen molar-refractivity contribution in [2.45, 2.75) is 6.92 Å². The van der Waals surface area contributed by atoms with E-state index >= 15 is 0 Å². The Bertz CT molecular complexity index is 729. The lowest BCUT2D eigenvalue weighted by Crippen LogP contribution is -2.16. The number of anilines is 2. The van der Waals surface area contributed by atoms with E-state index in [0.29, 0.717) is 22.5 Å². The van der Waals surface area contributed by atoms with Gasteiger partial charge in [0.25, 0.3) is 5.91 Å². The average Bonchev–Trinajstić information content (AvgIpc) is 2.43. The molecule has 0 bridgehead atoms. The van der Waals surface area contributed by atoms with Crippen LogP contribution in [0.15, 0.2) is 40.9 Å². The smallest absolute Gasteiger partial charge is 0.257 e. The van der Waals surface area contributed by atoms with Crippen LogP contribution >= 0.6 is 15.9 Å². The Morgan fingerprint density at radius 3 is 2.48 bits per heavy atom. The van der Waals surface area contributed by atoms with E-state index in [2.05, 4.69) is 21.2 Å². The summed E-state index contributed by atoms with van der Waals surface area (Å²) in [6.07, 6.45) is 0. The van der Waals surface area contributed by atoms with Crippen molar-refractivity contribution in [1.82, 2.24) is 0 Å². The SMILES string of the molecule is Cc1cc(C(N)=O)ccc1NC(=O)c1cc(Br)ccc1N. The molecule has 0 aliphatic rings. The third-order valence-corrected chi connectivity index (χ3v) is 3.51. The van der Waals surface area contributed by atoms with Crippen LogP contribution in [0, 0.1) is 6.92 Å². The van der Waals surface area contributed by atoms with Crippen LogP contribution in [0.4, 0.5) is 11.4 Å². The van der Waals surface area contributed by atoms with Crippen LogP contribution in [0.2, 0.25) is 0 Å². The molecule has 0 heterocycles. The number of hydrogen-bond donors (Lipinski definition) is 3. The Balaban J connectivity index is 2.27. The normalized spacial score (nSPS) is 10.2. The van der Waals surface area contributed by atoms with Gasteiger partial charge in [0.1, 0.15) is 0 Å². The van der Waals surface area contributed by atoms with Crippen molar-refractivity contribution in [2.24, 2.45) is 5.73 Å². The molecule has 21 heavy (non-hydrogen) atoms. The van der Waals surface area contributed by atoms with Crippen LogP contribution in [0.5, 0.6) is 0 Å². The van der Waals surface area contributed by atoms with Gasteiger partial charge in [0.05, 0.1) is 5.56 Å². The average molecular weight is 348 g/mol. The Morgan fingerprint density at radius 1 is 1.14 bits per heavy atom. The quantitative estimate of drug-likeness (QED) is 0.744. The number of aryl methyl sites for hydroxylation is 1. The zero-order valence-corrected chi connectivity index (χ0v) is 12.9. The molecule has 2 aromatic rings. The Labute approximate surface area is 130 Å². The predicted molar refractivity (Wildman–Crippen MR) is 86.2 cm³/mol. The van der Waals surface area contributed by atoms with Crippen molar-refractivity contribution < 1.29 is 9.59 Å². The highest BCUT2D eigenvalue weighted by Crippen LogP contribution is 2.22. The lowest BCUT2D eigenvalue weighted by Gasteiger charge is -2.11. The maximum absolute atomic E-state index is 12.3. The first-order chi connectivity index (χ1) is 9.88. The molecule has 0 atom stereocenters. The number of rotatable bonds is 3. The molecular formula is C15H14BrN3O2. The predicted octanol–water partition coefficient (Wildman–Crippen LogP) is 2.69. The van der Waals surface area contributed by atoms with Crippen LogP contribution in [-0.2, 0) is 0 Å². The lowest BCUT2D eigenvalue weighted by atomic mass is 10.1. The fourth-order valence-corrected chi connectivity index (χ4v) is 2.23. The summed E-state index contributed by atoms with van der Waals surface area (Å²) in [5, 5.41) is 2.77. The van der Waals surface area contributed by atoms with E-state index in [-0.39, 0.29) is 5.91 Å². The summed E-state index contributed by atoms with van der Waals surface area (Å²) < 4.78 is 0.766. The second kappa shape index (κ2) is 5.97. The molecule has 0 saturated heterocycles. The highest BCUT2D eigenvalue weighted by Gasteiger charge is 2.12. The molecule has 0 fully saturated rings. The van der Waals surface area contributed by atoms with Gasteiger partial charge in [0.2, 0.25) is 5.91 Å². The second-order valence-corrected chi connectivity index (χ2v) is 5.50. The first-order valence-corrected chi connectivity index (χ1v) is 6.94. The summed E-state index contributed by atoms with van der Waals surface area (Å²) in [6.45, 7) is 1.78. The zero-order chi connectivity index (χ0) is 15.6. The minimum Gasteiger partial charge on any atom is -0.398 e. The minimum atomic E-state index is -0.507. The number of halogens is 1. The topological polar surface area (TPSA) is 98.2 Å². The Kier molecular flexibility index (Phi) is 4.28. The second-order valence-electron chi connectivity index (χ2n) is 4.58. The van der Waals surface area contributed by atoms with Crippen LogP contribution < -0.4 is 16.8 Å². The molecule has 2 aromatic carbocycles. The summed E-state index contributed by atoms with van der Waals surface area (Å²) in [5.74, 6) is -0.823. The molecule has 5 nitrogen and oxygen atoms in total. The largest absolute Gasteiger partial charge is 0.398 e. The molecule has 0 saturated carbocycles. The minimum absolute atomic E-state index is 0.316. The van der Waals surface area contributed by atoms with Crippen molar-refractivity contribution in [3.05, 3.63) is 57.6 Å². The molecule has 5 N–H and O–H groups in total. The number of nitrogen functional groups attached to an aromatic ring is 1. The number of hydrogen-bond acceptors (Lipinski definition) is 3. The third-order valence-electron chi connectivity index (χ3n) is 3.02. The molecule has 6 heteroatoms. The zero-order valence-electron chi connectivity index (χ0n) is 11.3. The number of carbonyl (C=O) groups excluding carboxylic acids is 2. The number of nitrogens with two attached hydrogens (primary N) is 2. The van der Waals surface area contributed by atoms with E-state index in [0.717, 1.165) is 10.0 Å². The van der Waals surface area contributed by atoms with E-state index in [9.17, 15) is 9.59 Å². The maximum Gasteiger partial charge on any atom is 0.257 e. The monoisotopic (exact) mass is 347 g/mol. The van der Waals surface area contributed by atoms with Crippen molar-refractivity contribution in [2.75, 3.05) is 11.1 Å². The molecule has 0 aliphatic heterocycles. The Hall–Kier alpha value is -2.34. The van der Waals surface area contributed by atoms with E-state index in [1.54, 1.807) is 43.3 Å². The number of benzene rings is 2. The van der Waals surface area contributed by atoms with Gasteiger partial charge in [-0.1, -0.05) is 15.9 Å². The van der Waals surface area contributed by atoms with Gasteiger partial charge in [-0.05, 0) is 48.9 Å². The fraction of sp³-hybridized carbons (Fsp3) is 0.0667. The molecule has 0 unspecified atom stereocenters. The molecular weight excluding hydrogens is 334 g/mol. The first kappa shape index (κ1) is 15.1. The van der Waals surface area contributed by atoms with E-state index in [4.69, 9.17) is 11.5 Å². The van der Waals surface area contributed by atoms with E-state index < -0.39 is 5.91 Å². The molecule has 0 radical (unpaired) electrons. The van der Waals surface area contributed by atoms with Crippen LogP contribution in [0.1, 0.15) is 26.3 Å². The molecule has 0 aromatic heterocycles. The summed E-state index contributed by atoms with van der Waals surface area (Å²) >= 11 is 3.30. The summed E-state index contributed by atoms with van der Waals surface area (Å²) in [7, 11) is 0. The molecule has 2 amide bonds. The summed E-state index contributed by atoms with van der Waals surface area (Å²) in [4.78, 5) is 23.4. The van der Waals surface area contributed by atoms with Gasteiger partial charge >= 0.3 is 0 Å². The van der Waals surface area contributed by atoms with Crippen molar-refractivity contribution in [3.8, 4) is 0 Å². The van der Waals surface area contributed by atoms with Gasteiger partial charge in [0.15, 0.2) is 0 Å². The highest BCUT2D eigenvalue weighted by molar-refractivity contribution is 9.10. The molecule has 2 rings (SSSR count). The maximum atomic E-state index is 12.3. The van der Waals surface area contributed by atoms with E-state index in [1.807, 2.05) is 0 Å². The lowest BCUT2D eigenvalue weighted by molar-refractivity contribution is 0.0998. The van der Waals surface area contributed by atoms with Gasteiger partial charge in [-0.2, -0.15) is 0 Å². The van der Waals surface area contributed by atoms with Gasteiger partial charge in [0, 0.05) is 21.4 Å². The molecule has 0 aliphatic carbocycles. The van der Waals surface area contributed by atoms with E-state index in [1.165, 1.54) is 0 Å². The van der Waals surface area contributed by atoms with Crippen LogP contribution in [-0.4, -0.2) is 11.8 Å². The van der Waals surface area contributed by atoms with Crippen molar-refractivity contribution in [3.63, 3.8) is 0 Å². The number of carbonyl (C=O) groups is 2. The summed E-state index contributed by atoms with van der Waals surface area (Å²) in [5.41, 5.74) is 13.5. The first-order valence-electron chi connectivity index (χ1n) is 6.15. The fourth-order valence-electron chi connectivity index (χ4n) is 1.87. The number of amides is 2. The highest BCUT2D eigenvalue weighted by atomic mass is 79.9. The molecule has 0 spiro atoms. The Morgan fingerprint density at radius 2 is 1.86 bits per heavy atom. The van der Waals surface area contributed by atoms with Gasteiger partial charge in [-0.15, -0.1) is 0 Å². The van der Waals surface area contributed by atoms with Gasteiger partial charge < -0.3 is 16.8 Å². The standard InChI is InChI=1S/C15H14BrN3O2/c1-8-6-9(14(18)20)2-5-13(8)19-15(21)11-7-10(16)3-4-12(11)17/h2-7H,17H2,1H3,(H2,18,20)(H,19,21). The number of nitrogens with one attached hydrogen (secondary N) is 1. The number of primary amides is 1. The van der Waals surface area contributed by atoms with Crippen molar-refractivity contribution >= 4 is 39.1 Å². The third kappa shape index (κ3) is 3.41. The summed E-state index contributed by atoms with van der Waals surface area (Å²) in [6, 6.07) is 9.90. The van der Waals surface area contributed by atoms with Crippen LogP contribution in [0.3, 0.4) is 0 Å².